The molecule has 3 aromatic rings. The molecule has 6 heteroatoms. The minimum absolute atomic E-state index is 0.170. The Hall–Kier alpha value is -2.47. The van der Waals surface area contributed by atoms with Crippen molar-refractivity contribution < 1.29 is 9.21 Å². The summed E-state index contributed by atoms with van der Waals surface area (Å²) in [6.07, 6.45) is 3.87. The molecule has 0 unspecified atom stereocenters. The Balaban J connectivity index is 1.73. The Labute approximate surface area is 125 Å². The van der Waals surface area contributed by atoms with E-state index in [0.29, 0.717) is 16.5 Å². The number of nitrogens with zero attached hydrogens (tertiary/aromatic N) is 2. The monoisotopic (exact) mass is 299 g/mol. The Morgan fingerprint density at radius 1 is 1.33 bits per heavy atom. The number of hydrogen-bond acceptors (Lipinski definition) is 5. The number of anilines is 1. The minimum atomic E-state index is -0.170. The Morgan fingerprint density at radius 3 is 2.76 bits per heavy atom. The third-order valence-corrected chi connectivity index (χ3v) is 3.80. The van der Waals surface area contributed by atoms with Crippen molar-refractivity contribution in [1.82, 2.24) is 9.97 Å². The molecule has 0 fully saturated rings. The molecule has 0 aliphatic rings. The molecule has 1 aromatic carbocycles. The number of aromatic nitrogens is 2. The van der Waals surface area contributed by atoms with E-state index in [2.05, 4.69) is 15.3 Å². The van der Waals surface area contributed by atoms with E-state index in [1.165, 1.54) is 17.7 Å². The molecule has 2 heterocycles. The van der Waals surface area contributed by atoms with Gasteiger partial charge in [0.25, 0.3) is 5.91 Å². The molecule has 0 atom stereocenters. The van der Waals surface area contributed by atoms with Crippen LogP contribution in [0.2, 0.25) is 0 Å². The van der Waals surface area contributed by atoms with Crippen LogP contribution in [0.4, 0.5) is 5.13 Å². The number of thiazole rings is 1. The summed E-state index contributed by atoms with van der Waals surface area (Å²) < 4.78 is 5.21. The van der Waals surface area contributed by atoms with Crippen LogP contribution in [0.25, 0.3) is 11.3 Å². The molecule has 1 amide bonds. The van der Waals surface area contributed by atoms with Crippen molar-refractivity contribution in [2.24, 2.45) is 0 Å². The second-order valence-electron chi connectivity index (χ2n) is 4.39. The molecule has 106 valence electrons. The molecule has 0 spiro atoms. The van der Waals surface area contributed by atoms with Gasteiger partial charge in [-0.3, -0.25) is 10.1 Å². The summed E-state index contributed by atoms with van der Waals surface area (Å²) in [4.78, 5) is 20.3. The maximum Gasteiger partial charge on any atom is 0.257 e. The molecule has 0 radical (unpaired) electrons. The van der Waals surface area contributed by atoms with Crippen molar-refractivity contribution in [3.63, 3.8) is 0 Å². The topological polar surface area (TPSA) is 68.0 Å². The number of carbonyl (C=O) groups excluding carboxylic acids is 1. The fourth-order valence-corrected chi connectivity index (χ4v) is 2.63. The predicted molar refractivity (Wildman–Crippen MR) is 81.4 cm³/mol. The van der Waals surface area contributed by atoms with Gasteiger partial charge in [0.05, 0.1) is 11.9 Å². The molecule has 2 aromatic heterocycles. The number of carbonyl (C=O) groups is 1. The van der Waals surface area contributed by atoms with Crippen LogP contribution in [0.15, 0.2) is 46.7 Å². The van der Waals surface area contributed by atoms with Crippen LogP contribution in [0, 0.1) is 0 Å². The molecule has 0 bridgehead atoms. The first-order valence-corrected chi connectivity index (χ1v) is 7.39. The average Bonchev–Trinajstić information content (AvgIpc) is 3.19. The van der Waals surface area contributed by atoms with Gasteiger partial charge >= 0.3 is 0 Å². The van der Waals surface area contributed by atoms with E-state index in [-0.39, 0.29) is 5.91 Å². The first kappa shape index (κ1) is 13.5. The zero-order valence-corrected chi connectivity index (χ0v) is 12.2. The van der Waals surface area contributed by atoms with Gasteiger partial charge in [0.2, 0.25) is 0 Å². The highest BCUT2D eigenvalue weighted by atomic mass is 32.1. The van der Waals surface area contributed by atoms with Crippen LogP contribution in [0.5, 0.6) is 0 Å². The zero-order chi connectivity index (χ0) is 14.7. The third-order valence-electron chi connectivity index (χ3n) is 3.00. The molecule has 0 aliphatic heterocycles. The average molecular weight is 299 g/mol. The fraction of sp³-hybridized carbons (Fsp3) is 0.133. The zero-order valence-electron chi connectivity index (χ0n) is 11.4. The SMILES string of the molecule is CCc1csc(NC(=O)c2ccc(-c3cnco3)cc2)n1. The van der Waals surface area contributed by atoms with Gasteiger partial charge in [-0.25, -0.2) is 9.97 Å². The van der Waals surface area contributed by atoms with E-state index in [1.54, 1.807) is 18.3 Å². The second-order valence-corrected chi connectivity index (χ2v) is 5.25. The molecule has 3 rings (SSSR count). The van der Waals surface area contributed by atoms with E-state index in [9.17, 15) is 4.79 Å². The van der Waals surface area contributed by atoms with Crippen LogP contribution in [0.1, 0.15) is 23.0 Å². The predicted octanol–water partition coefficient (Wildman–Crippen LogP) is 3.61. The van der Waals surface area contributed by atoms with E-state index in [0.717, 1.165) is 17.7 Å². The number of aryl methyl sites for hydroxylation is 1. The molecule has 5 nitrogen and oxygen atoms in total. The van der Waals surface area contributed by atoms with Gasteiger partial charge in [-0.15, -0.1) is 11.3 Å². The Bertz CT molecular complexity index is 733. The lowest BCUT2D eigenvalue weighted by Gasteiger charge is -2.02. The first-order valence-electron chi connectivity index (χ1n) is 6.51. The van der Waals surface area contributed by atoms with Gasteiger partial charge < -0.3 is 4.42 Å². The lowest BCUT2D eigenvalue weighted by atomic mass is 10.1. The van der Waals surface area contributed by atoms with Gasteiger partial charge in [0.15, 0.2) is 17.3 Å². The highest BCUT2D eigenvalue weighted by Crippen LogP contribution is 2.20. The van der Waals surface area contributed by atoms with Crippen molar-refractivity contribution in [2.45, 2.75) is 13.3 Å². The smallest absolute Gasteiger partial charge is 0.257 e. The van der Waals surface area contributed by atoms with Crippen LogP contribution < -0.4 is 5.32 Å². The maximum atomic E-state index is 12.1. The summed E-state index contributed by atoms with van der Waals surface area (Å²) in [5.41, 5.74) is 2.44. The standard InChI is InChI=1S/C15H13N3O2S/c1-2-12-8-21-15(17-12)18-14(19)11-5-3-10(4-6-11)13-7-16-9-20-13/h3-9H,2H2,1H3,(H,17,18,19). The number of hydrogen-bond donors (Lipinski definition) is 1. The summed E-state index contributed by atoms with van der Waals surface area (Å²) >= 11 is 1.43. The van der Waals surface area contributed by atoms with E-state index < -0.39 is 0 Å². The second kappa shape index (κ2) is 5.88. The maximum absolute atomic E-state index is 12.1. The summed E-state index contributed by atoms with van der Waals surface area (Å²) in [5, 5.41) is 5.37. The number of rotatable bonds is 4. The van der Waals surface area contributed by atoms with Crippen LogP contribution in [-0.4, -0.2) is 15.9 Å². The van der Waals surface area contributed by atoms with Crippen molar-refractivity contribution in [3.8, 4) is 11.3 Å². The Morgan fingerprint density at radius 2 is 2.14 bits per heavy atom. The molecular formula is C15H13N3O2S. The third kappa shape index (κ3) is 3.00. The highest BCUT2D eigenvalue weighted by molar-refractivity contribution is 7.13. The molecule has 0 aliphatic carbocycles. The number of amides is 1. The van der Waals surface area contributed by atoms with Gasteiger partial charge in [-0.1, -0.05) is 19.1 Å². The van der Waals surface area contributed by atoms with Gasteiger partial charge in [0.1, 0.15) is 0 Å². The van der Waals surface area contributed by atoms with Crippen molar-refractivity contribution >= 4 is 22.4 Å². The van der Waals surface area contributed by atoms with Crippen LogP contribution in [-0.2, 0) is 6.42 Å². The summed E-state index contributed by atoms with van der Waals surface area (Å²) in [6.45, 7) is 2.03. The van der Waals surface area contributed by atoms with Gasteiger partial charge in [-0.2, -0.15) is 0 Å². The van der Waals surface area contributed by atoms with E-state index in [1.807, 2.05) is 24.4 Å². The molecule has 1 N–H and O–H groups in total. The van der Waals surface area contributed by atoms with Crippen molar-refractivity contribution in [2.75, 3.05) is 5.32 Å². The Kier molecular flexibility index (Phi) is 3.79. The fourth-order valence-electron chi connectivity index (χ4n) is 1.84. The highest BCUT2D eigenvalue weighted by Gasteiger charge is 2.09. The van der Waals surface area contributed by atoms with Crippen LogP contribution >= 0.6 is 11.3 Å². The number of oxazole rings is 1. The van der Waals surface area contributed by atoms with Gasteiger partial charge in [-0.05, 0) is 18.6 Å². The largest absolute Gasteiger partial charge is 0.444 e. The van der Waals surface area contributed by atoms with E-state index >= 15 is 0 Å². The summed E-state index contributed by atoms with van der Waals surface area (Å²) in [7, 11) is 0. The van der Waals surface area contributed by atoms with Crippen molar-refractivity contribution in [1.29, 1.82) is 0 Å². The minimum Gasteiger partial charge on any atom is -0.444 e. The molecule has 0 saturated heterocycles. The number of benzene rings is 1. The van der Waals surface area contributed by atoms with E-state index in [4.69, 9.17) is 4.42 Å². The lowest BCUT2D eigenvalue weighted by molar-refractivity contribution is 0.102. The van der Waals surface area contributed by atoms with Crippen molar-refractivity contribution in [3.05, 3.63) is 53.5 Å². The normalized spacial score (nSPS) is 10.5. The quantitative estimate of drug-likeness (QED) is 0.799. The lowest BCUT2D eigenvalue weighted by Crippen LogP contribution is -2.11. The summed E-state index contributed by atoms with van der Waals surface area (Å²) in [5.74, 6) is 0.505. The molecule has 21 heavy (non-hydrogen) atoms. The number of nitrogens with one attached hydrogen (secondary N) is 1. The molecular weight excluding hydrogens is 286 g/mol. The van der Waals surface area contributed by atoms with Gasteiger partial charge in [0, 0.05) is 16.5 Å². The summed E-state index contributed by atoms with van der Waals surface area (Å²) in [6, 6.07) is 7.16. The first-order chi connectivity index (χ1) is 10.3. The van der Waals surface area contributed by atoms with Crippen LogP contribution in [0.3, 0.4) is 0 Å². The molecule has 0 saturated carbocycles.